The number of amides is 1. The highest BCUT2D eigenvalue weighted by molar-refractivity contribution is 5.76. The Kier molecular flexibility index (Phi) is 5.25. The van der Waals surface area contributed by atoms with Crippen molar-refractivity contribution in [2.45, 2.75) is 38.8 Å². The number of rotatable bonds is 6. The van der Waals surface area contributed by atoms with Crippen molar-refractivity contribution in [1.29, 1.82) is 0 Å². The van der Waals surface area contributed by atoms with Crippen LogP contribution in [0.1, 0.15) is 30.3 Å². The molecular weight excluding hydrogens is 302 g/mol. The van der Waals surface area contributed by atoms with Crippen LogP contribution in [0.15, 0.2) is 30.6 Å². The second kappa shape index (κ2) is 7.57. The van der Waals surface area contributed by atoms with Gasteiger partial charge in [0, 0.05) is 45.6 Å². The van der Waals surface area contributed by atoms with Crippen LogP contribution < -0.4 is 5.32 Å². The normalized spacial score (nSPS) is 15.8. The number of aryl methyl sites for hydroxylation is 2. The summed E-state index contributed by atoms with van der Waals surface area (Å²) in [7, 11) is 1.89. The Bertz CT molecular complexity index is 696. The van der Waals surface area contributed by atoms with Gasteiger partial charge >= 0.3 is 0 Å². The van der Waals surface area contributed by atoms with Crippen molar-refractivity contribution in [2.75, 3.05) is 13.1 Å². The van der Waals surface area contributed by atoms with E-state index >= 15 is 0 Å². The van der Waals surface area contributed by atoms with Gasteiger partial charge in [-0.15, -0.1) is 10.2 Å². The van der Waals surface area contributed by atoms with Gasteiger partial charge in [0.1, 0.15) is 12.2 Å². The molecule has 3 rings (SSSR count). The summed E-state index contributed by atoms with van der Waals surface area (Å²) in [5.41, 5.74) is 2.86. The quantitative estimate of drug-likeness (QED) is 0.869. The zero-order valence-corrected chi connectivity index (χ0v) is 14.4. The van der Waals surface area contributed by atoms with Gasteiger partial charge in [0.2, 0.25) is 5.91 Å². The van der Waals surface area contributed by atoms with Crippen LogP contribution in [0, 0.1) is 0 Å². The summed E-state index contributed by atoms with van der Waals surface area (Å²) in [6, 6.07) is 8.76. The number of nitrogens with zero attached hydrogens (tertiary/aromatic N) is 4. The average Bonchev–Trinajstić information content (AvgIpc) is 2.98. The zero-order valence-electron chi connectivity index (χ0n) is 14.4. The van der Waals surface area contributed by atoms with Crippen molar-refractivity contribution >= 4 is 5.91 Å². The van der Waals surface area contributed by atoms with E-state index in [4.69, 9.17) is 0 Å². The second-order valence-corrected chi connectivity index (χ2v) is 6.58. The summed E-state index contributed by atoms with van der Waals surface area (Å²) in [5, 5.41) is 10.9. The van der Waals surface area contributed by atoms with Gasteiger partial charge < -0.3 is 9.88 Å². The van der Waals surface area contributed by atoms with E-state index in [0.717, 1.165) is 31.9 Å². The number of hydrogen-bond donors (Lipinski definition) is 1. The van der Waals surface area contributed by atoms with Crippen LogP contribution in [-0.2, 0) is 31.2 Å². The minimum atomic E-state index is 0.0721. The first-order valence-corrected chi connectivity index (χ1v) is 8.53. The molecular formula is C18H25N5O. The summed E-state index contributed by atoms with van der Waals surface area (Å²) in [4.78, 5) is 14.5. The van der Waals surface area contributed by atoms with Gasteiger partial charge in [-0.1, -0.05) is 24.3 Å². The largest absolute Gasteiger partial charge is 0.352 e. The SMILES string of the molecule is C[C@@H](CN1CCc2ccccc2C1)NC(=O)CCc1nncn1C. The number of aromatic nitrogens is 3. The van der Waals surface area contributed by atoms with E-state index in [1.165, 1.54) is 11.1 Å². The topological polar surface area (TPSA) is 63.1 Å². The Balaban J connectivity index is 1.43. The first-order valence-electron chi connectivity index (χ1n) is 8.53. The van der Waals surface area contributed by atoms with Crippen LogP contribution in [0.4, 0.5) is 0 Å². The lowest BCUT2D eigenvalue weighted by molar-refractivity contribution is -0.121. The van der Waals surface area contributed by atoms with Gasteiger partial charge in [0.25, 0.3) is 0 Å². The molecule has 0 aliphatic carbocycles. The van der Waals surface area contributed by atoms with E-state index in [2.05, 4.69) is 51.6 Å². The maximum Gasteiger partial charge on any atom is 0.220 e. The molecule has 6 nitrogen and oxygen atoms in total. The van der Waals surface area contributed by atoms with Crippen LogP contribution in [0.3, 0.4) is 0 Å². The van der Waals surface area contributed by atoms with Crippen LogP contribution in [0.5, 0.6) is 0 Å². The van der Waals surface area contributed by atoms with Crippen molar-refractivity contribution in [3.8, 4) is 0 Å². The molecule has 1 N–H and O–H groups in total. The molecule has 0 bridgehead atoms. The molecule has 128 valence electrons. The summed E-state index contributed by atoms with van der Waals surface area (Å²) < 4.78 is 1.85. The van der Waals surface area contributed by atoms with E-state index in [9.17, 15) is 4.79 Å². The molecule has 1 atom stereocenters. The molecule has 2 aromatic rings. The first kappa shape index (κ1) is 16.6. The Morgan fingerprint density at radius 2 is 2.12 bits per heavy atom. The highest BCUT2D eigenvalue weighted by atomic mass is 16.1. The number of hydrogen-bond acceptors (Lipinski definition) is 4. The fourth-order valence-electron chi connectivity index (χ4n) is 3.25. The number of carbonyl (C=O) groups excluding carboxylic acids is 1. The minimum Gasteiger partial charge on any atom is -0.352 e. The number of carbonyl (C=O) groups is 1. The molecule has 6 heteroatoms. The van der Waals surface area contributed by atoms with Crippen LogP contribution >= 0.6 is 0 Å². The van der Waals surface area contributed by atoms with E-state index in [-0.39, 0.29) is 11.9 Å². The predicted octanol–water partition coefficient (Wildman–Crippen LogP) is 1.31. The van der Waals surface area contributed by atoms with E-state index in [1.807, 2.05) is 11.6 Å². The smallest absolute Gasteiger partial charge is 0.220 e. The van der Waals surface area contributed by atoms with Crippen molar-refractivity contribution in [3.63, 3.8) is 0 Å². The third kappa shape index (κ3) is 4.20. The highest BCUT2D eigenvalue weighted by Crippen LogP contribution is 2.18. The highest BCUT2D eigenvalue weighted by Gasteiger charge is 2.18. The standard InChI is InChI=1S/C18H25N5O/c1-14(20-18(24)8-7-17-21-19-13-22(17)2)11-23-10-9-15-5-3-4-6-16(15)12-23/h3-6,13-14H,7-12H2,1-2H3,(H,20,24)/t14-/m0/s1. The molecule has 0 spiro atoms. The fraction of sp³-hybridized carbons (Fsp3) is 0.500. The van der Waals surface area contributed by atoms with Crippen LogP contribution in [-0.4, -0.2) is 44.7 Å². The maximum atomic E-state index is 12.1. The zero-order chi connectivity index (χ0) is 16.9. The second-order valence-electron chi connectivity index (χ2n) is 6.58. The van der Waals surface area contributed by atoms with Crippen LogP contribution in [0.2, 0.25) is 0 Å². The Morgan fingerprint density at radius 3 is 2.88 bits per heavy atom. The van der Waals surface area contributed by atoms with Crippen LogP contribution in [0.25, 0.3) is 0 Å². The van der Waals surface area contributed by atoms with Gasteiger partial charge in [-0.3, -0.25) is 9.69 Å². The summed E-state index contributed by atoms with van der Waals surface area (Å²) >= 11 is 0. The Morgan fingerprint density at radius 1 is 1.33 bits per heavy atom. The van der Waals surface area contributed by atoms with Gasteiger partial charge in [-0.25, -0.2) is 0 Å². The molecule has 1 aromatic heterocycles. The molecule has 1 aliphatic rings. The molecule has 0 radical (unpaired) electrons. The maximum absolute atomic E-state index is 12.1. The lowest BCUT2D eigenvalue weighted by Gasteiger charge is -2.31. The van der Waals surface area contributed by atoms with Gasteiger partial charge in [0.05, 0.1) is 0 Å². The molecule has 0 saturated heterocycles. The fourth-order valence-corrected chi connectivity index (χ4v) is 3.25. The number of benzene rings is 1. The van der Waals surface area contributed by atoms with E-state index < -0.39 is 0 Å². The third-order valence-electron chi connectivity index (χ3n) is 4.53. The molecule has 1 aliphatic heterocycles. The van der Waals surface area contributed by atoms with Gasteiger partial charge in [-0.2, -0.15) is 0 Å². The average molecular weight is 327 g/mol. The monoisotopic (exact) mass is 327 g/mol. The first-order chi connectivity index (χ1) is 11.6. The Labute approximate surface area is 142 Å². The molecule has 24 heavy (non-hydrogen) atoms. The predicted molar refractivity (Wildman–Crippen MR) is 92.4 cm³/mol. The van der Waals surface area contributed by atoms with Crippen molar-refractivity contribution < 1.29 is 4.79 Å². The molecule has 0 saturated carbocycles. The van der Waals surface area contributed by atoms with Crippen molar-refractivity contribution in [3.05, 3.63) is 47.5 Å². The molecule has 1 aromatic carbocycles. The minimum absolute atomic E-state index is 0.0721. The lowest BCUT2D eigenvalue weighted by atomic mass is 10.00. The molecule has 2 heterocycles. The molecule has 0 unspecified atom stereocenters. The van der Waals surface area contributed by atoms with Gasteiger partial charge in [0.15, 0.2) is 0 Å². The van der Waals surface area contributed by atoms with Gasteiger partial charge in [-0.05, 0) is 24.5 Å². The van der Waals surface area contributed by atoms with E-state index in [1.54, 1.807) is 6.33 Å². The third-order valence-corrected chi connectivity index (χ3v) is 4.53. The molecule has 0 fully saturated rings. The summed E-state index contributed by atoms with van der Waals surface area (Å²) in [6.45, 7) is 4.97. The number of fused-ring (bicyclic) bond motifs is 1. The van der Waals surface area contributed by atoms with Crippen molar-refractivity contribution in [2.24, 2.45) is 7.05 Å². The Hall–Kier alpha value is -2.21. The number of nitrogens with one attached hydrogen (secondary N) is 1. The van der Waals surface area contributed by atoms with Crippen molar-refractivity contribution in [1.82, 2.24) is 25.0 Å². The lowest BCUT2D eigenvalue weighted by Crippen LogP contribution is -2.43. The molecule has 1 amide bonds. The van der Waals surface area contributed by atoms with E-state index in [0.29, 0.717) is 12.8 Å². The summed E-state index contributed by atoms with van der Waals surface area (Å²) in [6.07, 6.45) is 3.80. The summed E-state index contributed by atoms with van der Waals surface area (Å²) in [5.74, 6) is 0.911.